The lowest BCUT2D eigenvalue weighted by molar-refractivity contribution is 0.0993. The summed E-state index contributed by atoms with van der Waals surface area (Å²) in [4.78, 5) is 11.0. The number of hydrogen-bond donors (Lipinski definition) is 1. The number of aromatic nitrogens is 2. The number of carbonyl (C=O) groups excluding carboxylic acids is 1. The maximum atomic E-state index is 13.0. The third kappa shape index (κ3) is 1.77. The molecule has 1 aromatic heterocycles. The van der Waals surface area contributed by atoms with Gasteiger partial charge in [-0.25, -0.2) is 13.5 Å². The highest BCUT2D eigenvalue weighted by atomic mass is 19.1. The molecule has 0 aliphatic rings. The second kappa shape index (κ2) is 3.73. The number of primary amides is 1. The topological polar surface area (TPSA) is 60.9 Å². The Labute approximate surface area is 89.3 Å². The number of carbonyl (C=O) groups is 1. The van der Waals surface area contributed by atoms with Crippen molar-refractivity contribution in [3.8, 4) is 5.69 Å². The fourth-order valence-electron chi connectivity index (χ4n) is 1.36. The van der Waals surface area contributed by atoms with Crippen LogP contribution < -0.4 is 5.73 Å². The minimum Gasteiger partial charge on any atom is -0.364 e. The first-order valence-electron chi connectivity index (χ1n) is 4.38. The predicted molar refractivity (Wildman–Crippen MR) is 52.0 cm³/mol. The van der Waals surface area contributed by atoms with E-state index in [1.54, 1.807) is 0 Å². The molecule has 0 aliphatic heterocycles. The Morgan fingerprint density at radius 3 is 2.44 bits per heavy atom. The van der Waals surface area contributed by atoms with E-state index in [4.69, 9.17) is 5.73 Å². The van der Waals surface area contributed by atoms with Crippen LogP contribution in [-0.2, 0) is 0 Å². The highest BCUT2D eigenvalue weighted by molar-refractivity contribution is 5.91. The Bertz CT molecular complexity index is 530. The fraction of sp³-hybridized carbons (Fsp3) is 0. The van der Waals surface area contributed by atoms with Crippen LogP contribution in [0.3, 0.4) is 0 Å². The normalized spacial score (nSPS) is 10.4. The van der Waals surface area contributed by atoms with Crippen molar-refractivity contribution in [2.45, 2.75) is 0 Å². The molecule has 2 aromatic rings. The maximum absolute atomic E-state index is 13.0. The lowest BCUT2D eigenvalue weighted by atomic mass is 10.3. The van der Waals surface area contributed by atoms with Crippen LogP contribution in [0.25, 0.3) is 5.69 Å². The Kier molecular flexibility index (Phi) is 2.40. The maximum Gasteiger partial charge on any atom is 0.267 e. The van der Waals surface area contributed by atoms with Crippen molar-refractivity contribution in [1.82, 2.24) is 9.78 Å². The summed E-state index contributed by atoms with van der Waals surface area (Å²) in [6.45, 7) is 0. The quantitative estimate of drug-likeness (QED) is 0.832. The summed E-state index contributed by atoms with van der Waals surface area (Å²) in [6.07, 6.45) is 1.32. The third-order valence-electron chi connectivity index (χ3n) is 1.99. The Morgan fingerprint density at radius 2 is 1.88 bits per heavy atom. The van der Waals surface area contributed by atoms with E-state index >= 15 is 0 Å². The molecular weight excluding hydrogens is 216 g/mol. The van der Waals surface area contributed by atoms with Crippen LogP contribution in [0.2, 0.25) is 0 Å². The van der Waals surface area contributed by atoms with E-state index in [9.17, 15) is 13.6 Å². The van der Waals surface area contributed by atoms with E-state index < -0.39 is 17.5 Å². The molecule has 0 saturated carbocycles. The molecule has 2 rings (SSSR count). The summed E-state index contributed by atoms with van der Waals surface area (Å²) in [7, 11) is 0. The van der Waals surface area contributed by atoms with Crippen molar-refractivity contribution < 1.29 is 13.6 Å². The van der Waals surface area contributed by atoms with Crippen molar-refractivity contribution in [3.63, 3.8) is 0 Å². The average Bonchev–Trinajstić information content (AvgIpc) is 2.63. The summed E-state index contributed by atoms with van der Waals surface area (Å²) in [6, 6.07) is 4.22. The van der Waals surface area contributed by atoms with Gasteiger partial charge in [0.05, 0.1) is 11.9 Å². The van der Waals surface area contributed by atoms with Crippen molar-refractivity contribution in [2.24, 2.45) is 5.73 Å². The number of nitrogens with zero attached hydrogens (tertiary/aromatic N) is 2. The molecule has 1 heterocycles. The van der Waals surface area contributed by atoms with Crippen LogP contribution in [-0.4, -0.2) is 15.7 Å². The van der Waals surface area contributed by atoms with Crippen molar-refractivity contribution in [3.05, 3.63) is 47.8 Å². The fourth-order valence-corrected chi connectivity index (χ4v) is 1.36. The number of rotatable bonds is 2. The number of nitrogens with two attached hydrogens (primary N) is 1. The molecule has 82 valence electrons. The smallest absolute Gasteiger partial charge is 0.267 e. The number of hydrogen-bond acceptors (Lipinski definition) is 2. The minimum atomic E-state index is -0.749. The largest absolute Gasteiger partial charge is 0.364 e. The molecule has 6 heteroatoms. The molecule has 0 bridgehead atoms. The molecule has 1 aromatic carbocycles. The van der Waals surface area contributed by atoms with E-state index in [1.807, 2.05) is 0 Å². The second-order valence-corrected chi connectivity index (χ2v) is 3.12. The zero-order valence-corrected chi connectivity index (χ0v) is 8.02. The van der Waals surface area contributed by atoms with Gasteiger partial charge < -0.3 is 5.73 Å². The van der Waals surface area contributed by atoms with Gasteiger partial charge in [-0.05, 0) is 18.2 Å². The van der Waals surface area contributed by atoms with Gasteiger partial charge in [0, 0.05) is 6.07 Å². The Morgan fingerprint density at radius 1 is 1.25 bits per heavy atom. The highest BCUT2D eigenvalue weighted by Gasteiger charge is 2.11. The van der Waals surface area contributed by atoms with Gasteiger partial charge in [0.1, 0.15) is 17.3 Å². The van der Waals surface area contributed by atoms with E-state index in [0.717, 1.165) is 22.9 Å². The van der Waals surface area contributed by atoms with Gasteiger partial charge in [0.15, 0.2) is 0 Å². The van der Waals surface area contributed by atoms with E-state index in [2.05, 4.69) is 5.10 Å². The zero-order valence-electron chi connectivity index (χ0n) is 8.02. The van der Waals surface area contributed by atoms with Gasteiger partial charge >= 0.3 is 0 Å². The monoisotopic (exact) mass is 223 g/mol. The molecule has 0 saturated heterocycles. The van der Waals surface area contributed by atoms with Crippen LogP contribution in [0.1, 0.15) is 10.5 Å². The summed E-state index contributed by atoms with van der Waals surface area (Å²) in [5, 5.41) is 3.77. The highest BCUT2D eigenvalue weighted by Crippen LogP contribution is 2.14. The van der Waals surface area contributed by atoms with Crippen LogP contribution >= 0.6 is 0 Å². The number of benzene rings is 1. The summed E-state index contributed by atoms with van der Waals surface area (Å²) >= 11 is 0. The first kappa shape index (κ1) is 10.3. The van der Waals surface area contributed by atoms with Gasteiger partial charge in [0.25, 0.3) is 5.91 Å². The summed E-state index contributed by atoms with van der Waals surface area (Å²) in [5.74, 6) is -2.22. The van der Waals surface area contributed by atoms with E-state index in [1.165, 1.54) is 12.3 Å². The average molecular weight is 223 g/mol. The Hall–Kier alpha value is -2.24. The molecule has 0 fully saturated rings. The van der Waals surface area contributed by atoms with Crippen LogP contribution in [0, 0.1) is 11.6 Å². The standard InChI is InChI=1S/C10H7F2N3O/c11-6-3-7(12)5-8(4-6)15-9(10(13)16)1-2-14-15/h1-5H,(H2,13,16). The van der Waals surface area contributed by atoms with E-state index in [-0.39, 0.29) is 11.4 Å². The molecule has 4 nitrogen and oxygen atoms in total. The molecule has 0 atom stereocenters. The van der Waals surface area contributed by atoms with Crippen molar-refractivity contribution >= 4 is 5.91 Å². The van der Waals surface area contributed by atoms with Crippen LogP contribution in [0.4, 0.5) is 8.78 Å². The SMILES string of the molecule is NC(=O)c1ccnn1-c1cc(F)cc(F)c1. The van der Waals surface area contributed by atoms with E-state index in [0.29, 0.717) is 0 Å². The van der Waals surface area contributed by atoms with Crippen LogP contribution in [0.5, 0.6) is 0 Å². The summed E-state index contributed by atoms with van der Waals surface area (Å²) < 4.78 is 27.0. The molecule has 0 aliphatic carbocycles. The molecule has 1 amide bonds. The third-order valence-corrected chi connectivity index (χ3v) is 1.99. The molecule has 0 spiro atoms. The molecule has 16 heavy (non-hydrogen) atoms. The molecular formula is C10H7F2N3O. The molecule has 0 unspecified atom stereocenters. The minimum absolute atomic E-state index is 0.0602. The first-order valence-corrected chi connectivity index (χ1v) is 4.38. The molecule has 0 radical (unpaired) electrons. The number of amides is 1. The van der Waals surface area contributed by atoms with Gasteiger partial charge in [0.2, 0.25) is 0 Å². The molecule has 2 N–H and O–H groups in total. The predicted octanol–water partition coefficient (Wildman–Crippen LogP) is 1.25. The van der Waals surface area contributed by atoms with Crippen LogP contribution in [0.15, 0.2) is 30.5 Å². The lowest BCUT2D eigenvalue weighted by Gasteiger charge is -2.05. The van der Waals surface area contributed by atoms with Gasteiger partial charge in [-0.15, -0.1) is 0 Å². The van der Waals surface area contributed by atoms with Gasteiger partial charge in [-0.2, -0.15) is 5.10 Å². The summed E-state index contributed by atoms with van der Waals surface area (Å²) in [5.41, 5.74) is 5.25. The van der Waals surface area contributed by atoms with Gasteiger partial charge in [-0.1, -0.05) is 0 Å². The van der Waals surface area contributed by atoms with Crippen molar-refractivity contribution in [2.75, 3.05) is 0 Å². The first-order chi connectivity index (χ1) is 7.58. The second-order valence-electron chi connectivity index (χ2n) is 3.12. The zero-order chi connectivity index (χ0) is 11.7. The lowest BCUT2D eigenvalue weighted by Crippen LogP contribution is -2.16. The van der Waals surface area contributed by atoms with Gasteiger partial charge in [-0.3, -0.25) is 4.79 Å². The Balaban J connectivity index is 2.58. The number of halogens is 2. The van der Waals surface area contributed by atoms with Crippen molar-refractivity contribution in [1.29, 1.82) is 0 Å².